The molecule has 0 radical (unpaired) electrons. The molecule has 0 heterocycles. The van der Waals surface area contributed by atoms with Gasteiger partial charge in [0, 0.05) is 0 Å². The van der Waals surface area contributed by atoms with Gasteiger partial charge in [0.1, 0.15) is 5.75 Å². The molecule has 6 nitrogen and oxygen atoms in total. The number of carbonyl (C=O) groups excluding carboxylic acids is 1. The van der Waals surface area contributed by atoms with Crippen molar-refractivity contribution in [1.82, 2.24) is 10.3 Å². The normalized spacial score (nSPS) is 11.2. The molecule has 0 fully saturated rings. The zero-order valence-electron chi connectivity index (χ0n) is 12.6. The number of amides is 1. The number of benzene rings is 2. The summed E-state index contributed by atoms with van der Waals surface area (Å²) in [5.41, 5.74) is 3.11. The van der Waals surface area contributed by atoms with Crippen LogP contribution in [0.5, 0.6) is 5.75 Å². The summed E-state index contributed by atoms with van der Waals surface area (Å²) in [6.07, 6.45) is 1.85. The van der Waals surface area contributed by atoms with E-state index >= 15 is 0 Å². The van der Waals surface area contributed by atoms with Gasteiger partial charge in [0.25, 0.3) is 15.9 Å². The van der Waals surface area contributed by atoms with E-state index in [2.05, 4.69) is 5.43 Å². The predicted octanol–water partition coefficient (Wildman–Crippen LogP) is 1.97. The van der Waals surface area contributed by atoms with Crippen molar-refractivity contribution in [2.75, 3.05) is 0 Å². The van der Waals surface area contributed by atoms with Crippen molar-refractivity contribution in [3.05, 3.63) is 59.7 Å². The van der Waals surface area contributed by atoms with Gasteiger partial charge < -0.3 is 5.11 Å². The average molecular weight is 334 g/mol. The van der Waals surface area contributed by atoms with Gasteiger partial charge >= 0.3 is 0 Å². The Morgan fingerprint density at radius 3 is 2.35 bits per heavy atom. The van der Waals surface area contributed by atoms with E-state index in [9.17, 15) is 18.3 Å². The maximum Gasteiger partial charge on any atom is 0.269 e. The Bertz CT molecular complexity index is 786. The van der Waals surface area contributed by atoms with Gasteiger partial charge in [-0.2, -0.15) is 0 Å². The molecule has 0 aliphatic heterocycles. The highest BCUT2D eigenvalue weighted by Gasteiger charge is 2.17. The number of hydrogen-bond acceptors (Lipinski definition) is 4. The van der Waals surface area contributed by atoms with Gasteiger partial charge in [-0.05, 0) is 36.2 Å². The Hall–Kier alpha value is -2.38. The molecule has 0 atom stereocenters. The van der Waals surface area contributed by atoms with Crippen LogP contribution in [0.4, 0.5) is 0 Å². The standard InChI is InChI=1S/C16H18N2O4S/c1-2-5-12-8-10-13(11-9-12)23(21,22)18-17-16(20)14-6-3-4-7-15(14)19/h3-4,6-11,18-19H,2,5H2,1H3,(H,17,20). The number of hydrazine groups is 1. The van der Waals surface area contributed by atoms with Gasteiger partial charge in [0.05, 0.1) is 10.5 Å². The lowest BCUT2D eigenvalue weighted by Gasteiger charge is -2.09. The summed E-state index contributed by atoms with van der Waals surface area (Å²) in [7, 11) is -3.87. The van der Waals surface area contributed by atoms with Crippen LogP contribution in [0.2, 0.25) is 0 Å². The summed E-state index contributed by atoms with van der Waals surface area (Å²) in [6, 6.07) is 12.3. The number of sulfonamides is 1. The van der Waals surface area contributed by atoms with E-state index in [4.69, 9.17) is 0 Å². The highest BCUT2D eigenvalue weighted by molar-refractivity contribution is 7.89. The van der Waals surface area contributed by atoms with Crippen LogP contribution in [0.1, 0.15) is 29.3 Å². The van der Waals surface area contributed by atoms with Gasteiger partial charge in [-0.25, -0.2) is 8.42 Å². The third-order valence-electron chi connectivity index (χ3n) is 3.22. The highest BCUT2D eigenvalue weighted by atomic mass is 32.2. The summed E-state index contributed by atoms with van der Waals surface area (Å²) in [5, 5.41) is 9.57. The molecule has 7 heteroatoms. The fraction of sp³-hybridized carbons (Fsp3) is 0.188. The molecule has 2 aromatic rings. The number of aromatic hydroxyl groups is 1. The Kier molecular flexibility index (Phi) is 5.36. The summed E-state index contributed by atoms with van der Waals surface area (Å²) in [5.74, 6) is -0.970. The Morgan fingerprint density at radius 1 is 1.09 bits per heavy atom. The summed E-state index contributed by atoms with van der Waals surface area (Å²) < 4.78 is 24.3. The van der Waals surface area contributed by atoms with Crippen molar-refractivity contribution in [2.24, 2.45) is 0 Å². The Morgan fingerprint density at radius 2 is 1.74 bits per heavy atom. The van der Waals surface area contributed by atoms with Crippen LogP contribution in [-0.2, 0) is 16.4 Å². The van der Waals surface area contributed by atoms with Crippen molar-refractivity contribution in [3.63, 3.8) is 0 Å². The van der Waals surface area contributed by atoms with Crippen LogP contribution in [0.15, 0.2) is 53.4 Å². The van der Waals surface area contributed by atoms with Crippen LogP contribution >= 0.6 is 0 Å². The van der Waals surface area contributed by atoms with Gasteiger partial charge in [-0.3, -0.25) is 10.2 Å². The largest absolute Gasteiger partial charge is 0.507 e. The second-order valence-electron chi connectivity index (χ2n) is 4.97. The van der Waals surface area contributed by atoms with E-state index in [1.54, 1.807) is 24.3 Å². The van der Waals surface area contributed by atoms with E-state index < -0.39 is 15.9 Å². The first kappa shape index (κ1) is 17.0. The molecule has 0 unspecified atom stereocenters. The number of phenols is 1. The summed E-state index contributed by atoms with van der Waals surface area (Å²) in [6.45, 7) is 2.04. The Labute approximate surface area is 135 Å². The predicted molar refractivity (Wildman–Crippen MR) is 86.3 cm³/mol. The maximum absolute atomic E-state index is 12.1. The van der Waals surface area contributed by atoms with Gasteiger partial charge in [-0.1, -0.05) is 37.6 Å². The molecule has 1 amide bonds. The van der Waals surface area contributed by atoms with Crippen molar-refractivity contribution in [1.29, 1.82) is 0 Å². The SMILES string of the molecule is CCCc1ccc(S(=O)(=O)NNC(=O)c2ccccc2O)cc1. The average Bonchev–Trinajstić information content (AvgIpc) is 2.54. The number of hydrogen-bond donors (Lipinski definition) is 3. The molecule has 0 bridgehead atoms. The van der Waals surface area contributed by atoms with Crippen LogP contribution in [0.25, 0.3) is 0 Å². The molecule has 0 aliphatic carbocycles. The maximum atomic E-state index is 12.1. The first-order valence-electron chi connectivity index (χ1n) is 7.13. The summed E-state index contributed by atoms with van der Waals surface area (Å²) >= 11 is 0. The number of aryl methyl sites for hydroxylation is 1. The highest BCUT2D eigenvalue weighted by Crippen LogP contribution is 2.15. The molecule has 0 aliphatic rings. The second kappa shape index (κ2) is 7.26. The lowest BCUT2D eigenvalue weighted by molar-refractivity contribution is 0.0942. The van der Waals surface area contributed by atoms with Crippen molar-refractivity contribution in [3.8, 4) is 5.75 Å². The molecule has 3 N–H and O–H groups in total. The van der Waals surface area contributed by atoms with E-state index in [1.165, 1.54) is 24.3 Å². The lowest BCUT2D eigenvalue weighted by atomic mass is 10.1. The molecule has 23 heavy (non-hydrogen) atoms. The smallest absolute Gasteiger partial charge is 0.269 e. The minimum atomic E-state index is -3.87. The van der Waals surface area contributed by atoms with E-state index in [1.807, 2.05) is 11.8 Å². The fourth-order valence-electron chi connectivity index (χ4n) is 2.03. The number of carbonyl (C=O) groups is 1. The number of phenolic OH excluding ortho intramolecular Hbond substituents is 1. The molecule has 0 aromatic heterocycles. The molecule has 0 spiro atoms. The number of para-hydroxylation sites is 1. The minimum absolute atomic E-state index is 0.0199. The Balaban J connectivity index is 2.06. The molecule has 2 aromatic carbocycles. The summed E-state index contributed by atoms with van der Waals surface area (Å²) in [4.78, 5) is 13.9. The zero-order chi connectivity index (χ0) is 16.9. The van der Waals surface area contributed by atoms with Crippen LogP contribution < -0.4 is 10.3 Å². The van der Waals surface area contributed by atoms with E-state index in [0.717, 1.165) is 18.4 Å². The van der Waals surface area contributed by atoms with Crippen molar-refractivity contribution in [2.45, 2.75) is 24.7 Å². The monoisotopic (exact) mass is 334 g/mol. The first-order valence-corrected chi connectivity index (χ1v) is 8.61. The fourth-order valence-corrected chi connectivity index (χ4v) is 2.87. The minimum Gasteiger partial charge on any atom is -0.507 e. The van der Waals surface area contributed by atoms with E-state index in [0.29, 0.717) is 0 Å². The van der Waals surface area contributed by atoms with Crippen LogP contribution in [0.3, 0.4) is 0 Å². The van der Waals surface area contributed by atoms with Crippen LogP contribution in [0, 0.1) is 0 Å². The quantitative estimate of drug-likeness (QED) is 0.704. The topological polar surface area (TPSA) is 95.5 Å². The van der Waals surface area contributed by atoms with Crippen LogP contribution in [-0.4, -0.2) is 19.4 Å². The number of nitrogens with one attached hydrogen (secondary N) is 2. The second-order valence-corrected chi connectivity index (χ2v) is 6.65. The van der Waals surface area contributed by atoms with Gasteiger partial charge in [-0.15, -0.1) is 4.83 Å². The molecule has 0 saturated carbocycles. The third kappa shape index (κ3) is 4.30. The lowest BCUT2D eigenvalue weighted by Crippen LogP contribution is -2.41. The molecule has 2 rings (SSSR count). The third-order valence-corrected chi connectivity index (χ3v) is 4.48. The van der Waals surface area contributed by atoms with Gasteiger partial charge in [0.15, 0.2) is 0 Å². The number of rotatable bonds is 6. The molecular formula is C16H18N2O4S. The molecule has 0 saturated heterocycles. The molecular weight excluding hydrogens is 316 g/mol. The van der Waals surface area contributed by atoms with E-state index in [-0.39, 0.29) is 16.2 Å². The first-order chi connectivity index (χ1) is 10.9. The zero-order valence-corrected chi connectivity index (χ0v) is 13.4. The van der Waals surface area contributed by atoms with Crippen molar-refractivity contribution < 1.29 is 18.3 Å². The van der Waals surface area contributed by atoms with Gasteiger partial charge in [0.2, 0.25) is 0 Å². The van der Waals surface area contributed by atoms with Crippen molar-refractivity contribution >= 4 is 15.9 Å². The molecule has 122 valence electrons.